The highest BCUT2D eigenvalue weighted by Gasteiger charge is 2.21. The number of anilines is 1. The number of aromatic nitrogens is 2. The van der Waals surface area contributed by atoms with Crippen molar-refractivity contribution in [2.45, 2.75) is 31.7 Å². The molecule has 0 aliphatic heterocycles. The normalized spacial score (nSPS) is 27.5. The Morgan fingerprint density at radius 2 is 2.50 bits per heavy atom. The number of rotatable bonds is 3. The average molecular weight is 212 g/mol. The molecule has 4 nitrogen and oxygen atoms in total. The quantitative estimate of drug-likeness (QED) is 0.796. The first-order chi connectivity index (χ1) is 6.88. The number of hydrogen-bond donors (Lipinski definition) is 2. The van der Waals surface area contributed by atoms with E-state index in [0.29, 0.717) is 12.0 Å². The van der Waals surface area contributed by atoms with Crippen LogP contribution in [0.25, 0.3) is 0 Å². The van der Waals surface area contributed by atoms with Crippen LogP contribution in [0.3, 0.4) is 0 Å². The maximum absolute atomic E-state index is 5.69. The van der Waals surface area contributed by atoms with E-state index in [2.05, 4.69) is 14.7 Å². The van der Waals surface area contributed by atoms with Crippen molar-refractivity contribution in [3.63, 3.8) is 0 Å². The van der Waals surface area contributed by atoms with Crippen molar-refractivity contribution < 1.29 is 0 Å². The zero-order chi connectivity index (χ0) is 9.80. The lowest BCUT2D eigenvalue weighted by Gasteiger charge is -2.28. The maximum atomic E-state index is 5.69. The molecular formula is C9H16N4S. The molecule has 0 saturated heterocycles. The van der Waals surface area contributed by atoms with E-state index in [9.17, 15) is 0 Å². The largest absolute Gasteiger partial charge is 0.358 e. The van der Waals surface area contributed by atoms with Crippen LogP contribution < -0.4 is 11.1 Å². The first kappa shape index (κ1) is 9.86. The second-order valence-electron chi connectivity index (χ2n) is 3.86. The van der Waals surface area contributed by atoms with Gasteiger partial charge in [0.15, 0.2) is 0 Å². The first-order valence-corrected chi connectivity index (χ1v) is 5.89. The Kier molecular flexibility index (Phi) is 3.31. The Labute approximate surface area is 88.1 Å². The van der Waals surface area contributed by atoms with Crippen LogP contribution in [0.4, 0.5) is 5.13 Å². The van der Waals surface area contributed by atoms with E-state index in [1.54, 1.807) is 6.33 Å². The molecule has 78 valence electrons. The molecule has 0 bridgehead atoms. The monoisotopic (exact) mass is 212 g/mol. The van der Waals surface area contributed by atoms with Crippen LogP contribution in [-0.2, 0) is 0 Å². The third-order valence-electron chi connectivity index (χ3n) is 2.81. The van der Waals surface area contributed by atoms with Crippen molar-refractivity contribution in [1.29, 1.82) is 0 Å². The minimum absolute atomic E-state index is 0.547. The third kappa shape index (κ3) is 2.42. The van der Waals surface area contributed by atoms with E-state index < -0.39 is 0 Å². The fourth-order valence-corrected chi connectivity index (χ4v) is 2.56. The minimum atomic E-state index is 0.547. The summed E-state index contributed by atoms with van der Waals surface area (Å²) < 4.78 is 3.97. The number of nitrogens with zero attached hydrogens (tertiary/aromatic N) is 2. The fraction of sp³-hybridized carbons (Fsp3) is 0.778. The molecular weight excluding hydrogens is 196 g/mol. The van der Waals surface area contributed by atoms with E-state index in [1.165, 1.54) is 37.2 Å². The van der Waals surface area contributed by atoms with Gasteiger partial charge in [-0.3, -0.25) is 0 Å². The Morgan fingerprint density at radius 1 is 1.57 bits per heavy atom. The molecule has 0 spiro atoms. The second-order valence-corrected chi connectivity index (χ2v) is 4.64. The Morgan fingerprint density at radius 3 is 3.21 bits per heavy atom. The molecule has 5 heteroatoms. The highest BCUT2D eigenvalue weighted by Crippen LogP contribution is 2.26. The van der Waals surface area contributed by atoms with Crippen molar-refractivity contribution >= 4 is 16.7 Å². The number of hydrogen-bond acceptors (Lipinski definition) is 5. The standard InChI is InChI=1S/C9H16N4S/c10-5-7-2-1-3-8(4-7)13-9-11-6-12-14-9/h6-8H,1-5,10H2,(H,11,12,13). The van der Waals surface area contributed by atoms with Crippen molar-refractivity contribution in [3.05, 3.63) is 6.33 Å². The predicted octanol–water partition coefficient (Wildman–Crippen LogP) is 1.47. The molecule has 14 heavy (non-hydrogen) atoms. The summed E-state index contributed by atoms with van der Waals surface area (Å²) in [6.45, 7) is 0.814. The zero-order valence-corrected chi connectivity index (χ0v) is 8.96. The summed E-state index contributed by atoms with van der Waals surface area (Å²) in [6.07, 6.45) is 6.56. The van der Waals surface area contributed by atoms with Gasteiger partial charge in [0, 0.05) is 17.6 Å². The van der Waals surface area contributed by atoms with Gasteiger partial charge in [-0.1, -0.05) is 6.42 Å². The molecule has 3 N–H and O–H groups in total. The van der Waals surface area contributed by atoms with Crippen LogP contribution in [0, 0.1) is 5.92 Å². The zero-order valence-electron chi connectivity index (χ0n) is 8.15. The molecule has 1 saturated carbocycles. The summed E-state index contributed by atoms with van der Waals surface area (Å²) >= 11 is 1.42. The van der Waals surface area contributed by atoms with Gasteiger partial charge in [0.05, 0.1) is 0 Å². The average Bonchev–Trinajstić information content (AvgIpc) is 2.71. The highest BCUT2D eigenvalue weighted by atomic mass is 32.1. The summed E-state index contributed by atoms with van der Waals surface area (Å²) in [7, 11) is 0. The van der Waals surface area contributed by atoms with E-state index in [-0.39, 0.29) is 0 Å². The summed E-state index contributed by atoms with van der Waals surface area (Å²) in [6, 6.07) is 0.547. The van der Waals surface area contributed by atoms with Gasteiger partial charge in [-0.15, -0.1) is 0 Å². The maximum Gasteiger partial charge on any atom is 0.202 e. The molecule has 0 aromatic carbocycles. The van der Waals surface area contributed by atoms with Crippen molar-refractivity contribution in [3.8, 4) is 0 Å². The minimum Gasteiger partial charge on any atom is -0.358 e. The smallest absolute Gasteiger partial charge is 0.202 e. The molecule has 0 amide bonds. The highest BCUT2D eigenvalue weighted by molar-refractivity contribution is 7.09. The lowest BCUT2D eigenvalue weighted by molar-refractivity contribution is 0.342. The molecule has 1 aliphatic rings. The summed E-state index contributed by atoms with van der Waals surface area (Å²) in [5.74, 6) is 0.689. The Hall–Kier alpha value is -0.680. The van der Waals surface area contributed by atoms with Crippen LogP contribution >= 0.6 is 11.5 Å². The lowest BCUT2D eigenvalue weighted by Crippen LogP contribution is -2.30. The van der Waals surface area contributed by atoms with Crippen LogP contribution in [0.5, 0.6) is 0 Å². The van der Waals surface area contributed by atoms with E-state index >= 15 is 0 Å². The van der Waals surface area contributed by atoms with E-state index in [1.807, 2.05) is 0 Å². The SMILES string of the molecule is NCC1CCCC(Nc2ncns2)C1. The molecule has 1 heterocycles. The van der Waals surface area contributed by atoms with Crippen molar-refractivity contribution in [1.82, 2.24) is 9.36 Å². The van der Waals surface area contributed by atoms with Gasteiger partial charge in [-0.25, -0.2) is 4.98 Å². The van der Waals surface area contributed by atoms with Gasteiger partial charge >= 0.3 is 0 Å². The van der Waals surface area contributed by atoms with E-state index in [4.69, 9.17) is 5.73 Å². The molecule has 2 unspecified atom stereocenters. The lowest BCUT2D eigenvalue weighted by atomic mass is 9.86. The summed E-state index contributed by atoms with van der Waals surface area (Å²) in [4.78, 5) is 4.13. The van der Waals surface area contributed by atoms with Gasteiger partial charge in [0.25, 0.3) is 0 Å². The third-order valence-corrected chi connectivity index (χ3v) is 3.40. The predicted molar refractivity (Wildman–Crippen MR) is 58.3 cm³/mol. The summed E-state index contributed by atoms with van der Waals surface area (Å²) in [5, 5.41) is 4.35. The molecule has 1 aromatic heterocycles. The summed E-state index contributed by atoms with van der Waals surface area (Å²) in [5.41, 5.74) is 5.69. The molecule has 1 fully saturated rings. The van der Waals surface area contributed by atoms with E-state index in [0.717, 1.165) is 11.7 Å². The number of nitrogens with one attached hydrogen (secondary N) is 1. The molecule has 2 atom stereocenters. The van der Waals surface area contributed by atoms with Gasteiger partial charge < -0.3 is 11.1 Å². The number of nitrogens with two attached hydrogens (primary N) is 1. The molecule has 1 aliphatic carbocycles. The van der Waals surface area contributed by atoms with Gasteiger partial charge in [-0.05, 0) is 31.7 Å². The van der Waals surface area contributed by atoms with Crippen LogP contribution in [0.1, 0.15) is 25.7 Å². The van der Waals surface area contributed by atoms with Gasteiger partial charge in [-0.2, -0.15) is 4.37 Å². The van der Waals surface area contributed by atoms with Crippen molar-refractivity contribution in [2.24, 2.45) is 11.7 Å². The Balaban J connectivity index is 1.86. The molecule has 0 radical (unpaired) electrons. The Bertz CT molecular complexity index is 262. The van der Waals surface area contributed by atoms with Crippen LogP contribution in [0.2, 0.25) is 0 Å². The molecule has 2 rings (SSSR count). The topological polar surface area (TPSA) is 63.8 Å². The fourth-order valence-electron chi connectivity index (χ4n) is 2.05. The van der Waals surface area contributed by atoms with Crippen LogP contribution in [0.15, 0.2) is 6.33 Å². The van der Waals surface area contributed by atoms with Crippen LogP contribution in [-0.4, -0.2) is 21.9 Å². The second kappa shape index (κ2) is 4.70. The molecule has 1 aromatic rings. The first-order valence-electron chi connectivity index (χ1n) is 5.11. The van der Waals surface area contributed by atoms with Gasteiger partial charge in [0.2, 0.25) is 5.13 Å². The van der Waals surface area contributed by atoms with Crippen molar-refractivity contribution in [2.75, 3.05) is 11.9 Å². The van der Waals surface area contributed by atoms with Gasteiger partial charge in [0.1, 0.15) is 6.33 Å².